The van der Waals surface area contributed by atoms with E-state index in [4.69, 9.17) is 0 Å². The molecule has 1 aliphatic heterocycles. The van der Waals surface area contributed by atoms with Gasteiger partial charge in [-0.15, -0.1) is 0 Å². The van der Waals surface area contributed by atoms with E-state index < -0.39 is 0 Å². The van der Waals surface area contributed by atoms with Crippen LogP contribution in [0, 0.1) is 5.92 Å². The van der Waals surface area contributed by atoms with Crippen LogP contribution in [0.4, 0.5) is 0 Å². The molecule has 1 aliphatic rings. The molecule has 1 fully saturated rings. The van der Waals surface area contributed by atoms with Crippen molar-refractivity contribution in [2.24, 2.45) is 13.0 Å². The summed E-state index contributed by atoms with van der Waals surface area (Å²) in [5, 5.41) is 7.06. The van der Waals surface area contributed by atoms with Gasteiger partial charge in [0.1, 0.15) is 12.2 Å². The third-order valence-electron chi connectivity index (χ3n) is 4.36. The first-order valence-corrected chi connectivity index (χ1v) is 7.84. The monoisotopic (exact) mass is 293 g/mol. The summed E-state index contributed by atoms with van der Waals surface area (Å²) in [6.07, 6.45) is 4.36. The molecule has 0 bridgehead atoms. The Morgan fingerprint density at radius 2 is 2.05 bits per heavy atom. The largest absolute Gasteiger partial charge is 0.346 e. The molecule has 0 spiro atoms. The molecule has 1 saturated heterocycles. The molecule has 1 N–H and O–H groups in total. The Morgan fingerprint density at radius 3 is 2.57 bits per heavy atom. The lowest BCUT2D eigenvalue weighted by atomic mass is 9.92. The van der Waals surface area contributed by atoms with E-state index in [1.165, 1.54) is 6.33 Å². The van der Waals surface area contributed by atoms with Crippen LogP contribution < -0.4 is 5.32 Å². The van der Waals surface area contributed by atoms with Gasteiger partial charge in [-0.05, 0) is 52.6 Å². The van der Waals surface area contributed by atoms with Crippen LogP contribution in [0.25, 0.3) is 0 Å². The third-order valence-corrected chi connectivity index (χ3v) is 4.36. The second kappa shape index (κ2) is 7.02. The van der Waals surface area contributed by atoms with Gasteiger partial charge in [-0.2, -0.15) is 5.10 Å². The number of hydrogen-bond donors (Lipinski definition) is 1. The van der Waals surface area contributed by atoms with E-state index in [0.717, 1.165) is 31.8 Å². The zero-order valence-corrected chi connectivity index (χ0v) is 13.5. The topological polar surface area (TPSA) is 63.1 Å². The van der Waals surface area contributed by atoms with Crippen LogP contribution >= 0.6 is 0 Å². The van der Waals surface area contributed by atoms with Gasteiger partial charge in [0.25, 0.3) is 0 Å². The Morgan fingerprint density at radius 1 is 1.38 bits per heavy atom. The van der Waals surface area contributed by atoms with Gasteiger partial charge in [0, 0.05) is 19.5 Å². The van der Waals surface area contributed by atoms with Crippen molar-refractivity contribution in [3.63, 3.8) is 0 Å². The van der Waals surface area contributed by atoms with Gasteiger partial charge >= 0.3 is 0 Å². The molecule has 0 saturated carbocycles. The van der Waals surface area contributed by atoms with Gasteiger partial charge in [-0.25, -0.2) is 4.98 Å². The maximum atomic E-state index is 12.2. The van der Waals surface area contributed by atoms with Gasteiger partial charge < -0.3 is 10.2 Å². The second-order valence-corrected chi connectivity index (χ2v) is 6.31. The van der Waals surface area contributed by atoms with Crippen molar-refractivity contribution < 1.29 is 4.79 Å². The number of rotatable bonds is 5. The first-order valence-electron chi connectivity index (χ1n) is 7.84. The summed E-state index contributed by atoms with van der Waals surface area (Å²) in [6.45, 7) is 8.62. The predicted octanol–water partition coefficient (Wildman–Crippen LogP) is 1.50. The molecule has 1 atom stereocenters. The Balaban J connectivity index is 1.77. The molecule has 1 aromatic heterocycles. The molecule has 21 heavy (non-hydrogen) atoms. The van der Waals surface area contributed by atoms with Gasteiger partial charge in [-0.3, -0.25) is 9.48 Å². The number of piperidine rings is 1. The number of carbonyl (C=O) groups is 1. The third kappa shape index (κ3) is 4.27. The Bertz CT molecular complexity index is 462. The molecule has 1 aromatic rings. The quantitative estimate of drug-likeness (QED) is 0.893. The minimum absolute atomic E-state index is 0.0965. The molecule has 0 aromatic carbocycles. The van der Waals surface area contributed by atoms with Gasteiger partial charge in [-0.1, -0.05) is 0 Å². The van der Waals surface area contributed by atoms with Crippen LogP contribution in [-0.4, -0.2) is 44.7 Å². The van der Waals surface area contributed by atoms with Crippen molar-refractivity contribution in [3.8, 4) is 0 Å². The van der Waals surface area contributed by atoms with Crippen molar-refractivity contribution in [2.45, 2.75) is 52.1 Å². The smallest absolute Gasteiger partial charge is 0.220 e. The second-order valence-electron chi connectivity index (χ2n) is 6.31. The highest BCUT2D eigenvalue weighted by Crippen LogP contribution is 2.22. The number of aromatic nitrogens is 3. The van der Waals surface area contributed by atoms with Crippen LogP contribution in [0.5, 0.6) is 0 Å². The maximum absolute atomic E-state index is 12.2. The molecule has 1 amide bonds. The fourth-order valence-corrected chi connectivity index (χ4v) is 3.00. The number of hydrogen-bond acceptors (Lipinski definition) is 4. The zero-order chi connectivity index (χ0) is 15.4. The summed E-state index contributed by atoms with van der Waals surface area (Å²) >= 11 is 0. The Labute approximate surface area is 126 Å². The fourth-order valence-electron chi connectivity index (χ4n) is 3.00. The molecular formula is C15H27N5O. The summed E-state index contributed by atoms with van der Waals surface area (Å²) in [5.41, 5.74) is 0. The van der Waals surface area contributed by atoms with Gasteiger partial charge in [0.05, 0.1) is 6.04 Å². The molecule has 118 valence electrons. The van der Waals surface area contributed by atoms with Gasteiger partial charge in [0.2, 0.25) is 5.91 Å². The summed E-state index contributed by atoms with van der Waals surface area (Å²) < 4.78 is 1.70. The molecule has 6 heteroatoms. The number of nitrogens with zero attached hydrogens (tertiary/aromatic N) is 4. The molecule has 0 unspecified atom stereocenters. The van der Waals surface area contributed by atoms with Gasteiger partial charge in [0.15, 0.2) is 0 Å². The van der Waals surface area contributed by atoms with E-state index >= 15 is 0 Å². The van der Waals surface area contributed by atoms with Crippen molar-refractivity contribution >= 4 is 5.91 Å². The van der Waals surface area contributed by atoms with E-state index in [0.29, 0.717) is 18.4 Å². The summed E-state index contributed by atoms with van der Waals surface area (Å²) in [5.74, 6) is 1.41. The van der Waals surface area contributed by atoms with Crippen molar-refractivity contribution in [1.82, 2.24) is 25.0 Å². The SMILES string of the molecule is CC(C)N1CCC(CC(=O)N[C@H](C)c2ncnn2C)CC1. The van der Waals surface area contributed by atoms with Crippen LogP contribution in [0.1, 0.15) is 51.9 Å². The zero-order valence-electron chi connectivity index (χ0n) is 13.5. The van der Waals surface area contributed by atoms with E-state index in [9.17, 15) is 4.79 Å². The lowest BCUT2D eigenvalue weighted by molar-refractivity contribution is -0.123. The molecule has 0 aliphatic carbocycles. The highest BCUT2D eigenvalue weighted by molar-refractivity contribution is 5.76. The van der Waals surface area contributed by atoms with E-state index in [1.54, 1.807) is 4.68 Å². The molecule has 2 rings (SSSR count). The first-order chi connectivity index (χ1) is 9.97. The Hall–Kier alpha value is -1.43. The number of amides is 1. The minimum atomic E-state index is -0.0965. The molecule has 6 nitrogen and oxygen atoms in total. The van der Waals surface area contributed by atoms with Crippen molar-refractivity contribution in [3.05, 3.63) is 12.2 Å². The first kappa shape index (κ1) is 15.9. The maximum Gasteiger partial charge on any atom is 0.220 e. The number of nitrogens with one attached hydrogen (secondary N) is 1. The van der Waals surface area contributed by atoms with Crippen LogP contribution in [0.2, 0.25) is 0 Å². The average molecular weight is 293 g/mol. The van der Waals surface area contributed by atoms with Crippen molar-refractivity contribution in [1.29, 1.82) is 0 Å². The predicted molar refractivity (Wildman–Crippen MR) is 81.6 cm³/mol. The number of aryl methyl sites for hydroxylation is 1. The summed E-state index contributed by atoms with van der Waals surface area (Å²) in [6, 6.07) is 0.511. The molecule has 2 heterocycles. The minimum Gasteiger partial charge on any atom is -0.346 e. The van der Waals surface area contributed by atoms with E-state index in [2.05, 4.69) is 34.1 Å². The number of likely N-dealkylation sites (tertiary alicyclic amines) is 1. The molecule has 0 radical (unpaired) electrons. The van der Waals surface area contributed by atoms with E-state index in [-0.39, 0.29) is 11.9 Å². The van der Waals surface area contributed by atoms with E-state index in [1.807, 2.05) is 14.0 Å². The standard InChI is InChI=1S/C15H27N5O/c1-11(2)20-7-5-13(6-8-20)9-14(21)18-12(3)15-16-10-17-19(15)4/h10-13H,5-9H2,1-4H3,(H,18,21)/t12-/m1/s1. The highest BCUT2D eigenvalue weighted by atomic mass is 16.1. The summed E-state index contributed by atoms with van der Waals surface area (Å²) in [7, 11) is 1.84. The lowest BCUT2D eigenvalue weighted by Gasteiger charge is -2.34. The van der Waals surface area contributed by atoms with Crippen LogP contribution in [0.15, 0.2) is 6.33 Å². The summed E-state index contributed by atoms with van der Waals surface area (Å²) in [4.78, 5) is 18.8. The van der Waals surface area contributed by atoms with Crippen LogP contribution in [-0.2, 0) is 11.8 Å². The molecular weight excluding hydrogens is 266 g/mol. The highest BCUT2D eigenvalue weighted by Gasteiger charge is 2.23. The average Bonchev–Trinajstić information content (AvgIpc) is 2.85. The fraction of sp³-hybridized carbons (Fsp3) is 0.800. The number of carbonyl (C=O) groups excluding carboxylic acids is 1. The van der Waals surface area contributed by atoms with Crippen LogP contribution in [0.3, 0.4) is 0 Å². The lowest BCUT2D eigenvalue weighted by Crippen LogP contribution is -2.40. The normalized spacial score (nSPS) is 18.9. The van der Waals surface area contributed by atoms with Crippen molar-refractivity contribution in [2.75, 3.05) is 13.1 Å². The Kier molecular flexibility index (Phi) is 5.33.